The molecule has 0 aliphatic heterocycles. The van der Waals surface area contributed by atoms with E-state index < -0.39 is 41.7 Å². The van der Waals surface area contributed by atoms with Crippen molar-refractivity contribution >= 4 is 17.7 Å². The Labute approximate surface area is 193 Å². The Morgan fingerprint density at radius 1 is 1.00 bits per heavy atom. The first kappa shape index (κ1) is 25.4. The second kappa shape index (κ2) is 9.57. The van der Waals surface area contributed by atoms with Gasteiger partial charge in [-0.15, -0.1) is 11.8 Å². The van der Waals surface area contributed by atoms with Gasteiger partial charge in [-0.3, -0.25) is 0 Å². The molecule has 3 aromatic rings. The summed E-state index contributed by atoms with van der Waals surface area (Å²) in [5, 5.41) is 16.8. The van der Waals surface area contributed by atoms with E-state index in [1.54, 1.807) is 32.0 Å². The van der Waals surface area contributed by atoms with E-state index in [9.17, 15) is 31.1 Å². The number of benzene rings is 2. The van der Waals surface area contributed by atoms with Crippen LogP contribution in [0, 0.1) is 13.8 Å². The largest absolute Gasteiger partial charge is 0.482 e. The normalized spacial score (nSPS) is 12.1. The summed E-state index contributed by atoms with van der Waals surface area (Å²) in [6.07, 6.45) is -9.95. The van der Waals surface area contributed by atoms with Gasteiger partial charge >= 0.3 is 18.3 Å². The average Bonchev–Trinajstić information content (AvgIpc) is 3.10. The molecule has 0 radical (unpaired) electrons. The van der Waals surface area contributed by atoms with Crippen molar-refractivity contribution in [2.75, 3.05) is 6.61 Å². The van der Waals surface area contributed by atoms with Gasteiger partial charge in [-0.25, -0.2) is 4.79 Å². The van der Waals surface area contributed by atoms with E-state index >= 15 is 0 Å². The van der Waals surface area contributed by atoms with E-state index in [-0.39, 0.29) is 11.8 Å². The van der Waals surface area contributed by atoms with Crippen LogP contribution in [0.3, 0.4) is 0 Å². The summed E-state index contributed by atoms with van der Waals surface area (Å²) in [5.74, 6) is -0.468. The highest BCUT2D eigenvalue weighted by molar-refractivity contribution is 7.98. The van der Waals surface area contributed by atoms with Crippen molar-refractivity contribution in [2.45, 2.75) is 36.8 Å². The Balaban J connectivity index is 1.82. The van der Waals surface area contributed by atoms with E-state index in [0.717, 1.165) is 9.69 Å². The smallest absolute Gasteiger partial charge is 0.416 e. The summed E-state index contributed by atoms with van der Waals surface area (Å²) < 4.78 is 84.0. The van der Waals surface area contributed by atoms with Crippen LogP contribution in [0.2, 0.25) is 0 Å². The number of carboxylic acids is 1. The van der Waals surface area contributed by atoms with E-state index in [0.29, 0.717) is 34.8 Å². The van der Waals surface area contributed by atoms with Crippen molar-refractivity contribution < 1.29 is 41.0 Å². The summed E-state index contributed by atoms with van der Waals surface area (Å²) in [5.41, 5.74) is -1.96. The number of alkyl halides is 6. The van der Waals surface area contributed by atoms with Crippen molar-refractivity contribution in [1.29, 1.82) is 0 Å². The van der Waals surface area contributed by atoms with E-state index in [1.807, 2.05) is 0 Å². The first-order valence-corrected chi connectivity index (χ1v) is 10.5. The van der Waals surface area contributed by atoms with Gasteiger partial charge in [0.2, 0.25) is 0 Å². The number of hydrogen-bond acceptors (Lipinski definition) is 5. The molecule has 1 N–H and O–H groups in total. The van der Waals surface area contributed by atoms with Crippen molar-refractivity contribution in [3.63, 3.8) is 0 Å². The van der Waals surface area contributed by atoms with Crippen LogP contribution in [0.1, 0.15) is 28.1 Å². The third-order valence-corrected chi connectivity index (χ3v) is 5.56. The molecule has 6 nitrogen and oxygen atoms in total. The van der Waals surface area contributed by atoms with Crippen molar-refractivity contribution in [3.8, 4) is 11.4 Å². The Bertz CT molecular complexity index is 1180. The molecule has 0 saturated heterocycles. The molecular weight excluding hydrogens is 488 g/mol. The number of hydrogen-bond donors (Lipinski definition) is 1. The minimum atomic E-state index is -4.98. The van der Waals surface area contributed by atoms with Gasteiger partial charge in [0.05, 0.1) is 28.2 Å². The zero-order valence-electron chi connectivity index (χ0n) is 17.7. The lowest BCUT2D eigenvalue weighted by atomic mass is 10.1. The molecule has 2 aromatic carbocycles. The number of carboxylic acid groups (broad SMARTS) is 1. The third kappa shape index (κ3) is 6.22. The lowest BCUT2D eigenvalue weighted by Gasteiger charge is -2.13. The molecule has 0 aliphatic rings. The molecule has 0 aliphatic carbocycles. The van der Waals surface area contributed by atoms with E-state index in [1.165, 1.54) is 11.8 Å². The topological polar surface area (TPSA) is 77.2 Å². The van der Waals surface area contributed by atoms with Crippen LogP contribution in [0.4, 0.5) is 26.3 Å². The fraction of sp³-hybridized carbons (Fsp3) is 0.286. The Hall–Kier alpha value is -3.22. The van der Waals surface area contributed by atoms with Crippen LogP contribution >= 0.6 is 11.8 Å². The highest BCUT2D eigenvalue weighted by Gasteiger charge is 2.37. The number of nitrogens with zero attached hydrogens (tertiary/aromatic N) is 3. The fourth-order valence-corrected chi connectivity index (χ4v) is 3.87. The molecule has 0 saturated carbocycles. The van der Waals surface area contributed by atoms with E-state index in [4.69, 9.17) is 9.84 Å². The monoisotopic (exact) mass is 505 g/mol. The molecule has 34 heavy (non-hydrogen) atoms. The van der Waals surface area contributed by atoms with Gasteiger partial charge < -0.3 is 9.84 Å². The molecule has 0 atom stereocenters. The Kier molecular flexibility index (Phi) is 7.15. The van der Waals surface area contributed by atoms with Crippen molar-refractivity contribution in [3.05, 3.63) is 64.5 Å². The van der Waals surface area contributed by atoms with Crippen LogP contribution in [0.25, 0.3) is 5.69 Å². The quantitative estimate of drug-likeness (QED) is 0.329. The summed E-state index contributed by atoms with van der Waals surface area (Å²) in [4.78, 5) is 12.2. The summed E-state index contributed by atoms with van der Waals surface area (Å²) in [6, 6.07) is 6.21. The molecule has 182 valence electrons. The lowest BCUT2D eigenvalue weighted by molar-refractivity contribution is -0.143. The number of thioether (sulfide) groups is 1. The average molecular weight is 505 g/mol. The minimum Gasteiger partial charge on any atom is -0.482 e. The Morgan fingerprint density at radius 3 is 2.15 bits per heavy atom. The second-order valence-electron chi connectivity index (χ2n) is 7.18. The molecule has 0 fully saturated rings. The molecule has 3 rings (SSSR count). The van der Waals surface area contributed by atoms with Crippen LogP contribution in [-0.2, 0) is 22.9 Å². The second-order valence-corrected chi connectivity index (χ2v) is 8.23. The Morgan fingerprint density at radius 2 is 1.62 bits per heavy atom. The summed E-state index contributed by atoms with van der Waals surface area (Å²) >= 11 is 1.31. The van der Waals surface area contributed by atoms with Crippen LogP contribution < -0.4 is 4.74 Å². The van der Waals surface area contributed by atoms with Crippen molar-refractivity contribution in [1.82, 2.24) is 15.0 Å². The van der Waals surface area contributed by atoms with Gasteiger partial charge in [-0.2, -0.15) is 41.3 Å². The number of carbonyl (C=O) groups is 1. The summed E-state index contributed by atoms with van der Waals surface area (Å²) in [7, 11) is 0. The number of rotatable bonds is 7. The fourth-order valence-electron chi connectivity index (χ4n) is 2.88. The molecule has 1 heterocycles. The highest BCUT2D eigenvalue weighted by Crippen LogP contribution is 2.37. The van der Waals surface area contributed by atoms with Gasteiger partial charge in [0, 0.05) is 10.6 Å². The van der Waals surface area contributed by atoms with Gasteiger partial charge in [0.1, 0.15) is 5.75 Å². The lowest BCUT2D eigenvalue weighted by Crippen LogP contribution is -2.13. The van der Waals surface area contributed by atoms with Crippen molar-refractivity contribution in [2.24, 2.45) is 0 Å². The minimum absolute atomic E-state index is 0.0444. The number of aromatic nitrogens is 3. The van der Waals surface area contributed by atoms with Crippen LogP contribution in [0.15, 0.2) is 41.3 Å². The maximum Gasteiger partial charge on any atom is 0.416 e. The zero-order chi connectivity index (χ0) is 25.3. The maximum absolute atomic E-state index is 13.1. The molecule has 13 heteroatoms. The molecular formula is C21H17F6N3O3S. The number of aliphatic carboxylic acids is 1. The van der Waals surface area contributed by atoms with Crippen LogP contribution in [-0.4, -0.2) is 32.7 Å². The molecule has 0 bridgehead atoms. The number of aryl methyl sites for hydroxylation is 2. The van der Waals surface area contributed by atoms with Gasteiger partial charge in [0.25, 0.3) is 0 Å². The molecule has 1 aromatic heterocycles. The highest BCUT2D eigenvalue weighted by atomic mass is 32.2. The predicted molar refractivity (Wildman–Crippen MR) is 110 cm³/mol. The molecule has 0 unspecified atom stereocenters. The molecule has 0 spiro atoms. The van der Waals surface area contributed by atoms with Crippen LogP contribution in [0.5, 0.6) is 5.75 Å². The number of halogens is 6. The number of ether oxygens (including phenoxy) is 1. The van der Waals surface area contributed by atoms with E-state index in [2.05, 4.69) is 10.2 Å². The third-order valence-electron chi connectivity index (χ3n) is 4.55. The predicted octanol–water partition coefficient (Wildman–Crippen LogP) is 5.68. The van der Waals surface area contributed by atoms with Gasteiger partial charge in [0.15, 0.2) is 6.61 Å². The SMILES string of the molecule is Cc1cc(SCc2nn(-c3cc(C(F)(F)F)cc(C(F)(F)F)c3)nc2C)ccc1OCC(=O)O. The zero-order valence-corrected chi connectivity index (χ0v) is 18.5. The summed E-state index contributed by atoms with van der Waals surface area (Å²) in [6.45, 7) is 2.79. The first-order chi connectivity index (χ1) is 15.7. The molecule has 0 amide bonds. The standard InChI is InChI=1S/C21H17F6N3O3S/c1-11-5-16(3-4-18(11)33-9-19(31)32)34-10-17-12(2)28-30(29-17)15-7-13(20(22,23)24)6-14(8-15)21(25,26)27/h3-8H,9-10H2,1-2H3,(H,31,32). The van der Waals surface area contributed by atoms with Gasteiger partial charge in [-0.1, -0.05) is 0 Å². The van der Waals surface area contributed by atoms with Gasteiger partial charge in [-0.05, 0) is 55.8 Å². The first-order valence-electron chi connectivity index (χ1n) is 9.55. The maximum atomic E-state index is 13.1.